The lowest BCUT2D eigenvalue weighted by molar-refractivity contribution is -0.114. The zero-order chi connectivity index (χ0) is 12.6. The number of carbonyl (C=O) groups is 1. The molecular weight excluding hydrogens is 220 g/mol. The van der Waals surface area contributed by atoms with Gasteiger partial charge in [0.15, 0.2) is 5.78 Å². The Labute approximate surface area is 109 Å². The molecule has 1 unspecified atom stereocenters. The third-order valence-corrected chi connectivity index (χ3v) is 3.09. The van der Waals surface area contributed by atoms with Crippen LogP contribution in [0.3, 0.4) is 0 Å². The van der Waals surface area contributed by atoms with E-state index in [-0.39, 0.29) is 5.78 Å². The summed E-state index contributed by atoms with van der Waals surface area (Å²) in [7, 11) is 0. The lowest BCUT2D eigenvalue weighted by Crippen LogP contribution is -2.01. The number of benzene rings is 1. The minimum atomic E-state index is 0.210. The van der Waals surface area contributed by atoms with E-state index in [2.05, 4.69) is 24.3 Å². The van der Waals surface area contributed by atoms with Gasteiger partial charge in [-0.15, -0.1) is 0 Å². The predicted octanol–water partition coefficient (Wildman–Crippen LogP) is 4.18. The van der Waals surface area contributed by atoms with E-state index in [1.165, 1.54) is 0 Å². The van der Waals surface area contributed by atoms with Gasteiger partial charge in [-0.25, -0.2) is 0 Å². The van der Waals surface area contributed by atoms with Gasteiger partial charge in [0.25, 0.3) is 0 Å². The van der Waals surface area contributed by atoms with Crippen molar-refractivity contribution in [2.75, 3.05) is 0 Å². The second-order valence-corrected chi connectivity index (χ2v) is 4.56. The second-order valence-electron chi connectivity index (χ2n) is 4.56. The molecule has 0 radical (unpaired) electrons. The van der Waals surface area contributed by atoms with E-state index in [9.17, 15) is 4.79 Å². The molecule has 0 bridgehead atoms. The first-order valence-corrected chi connectivity index (χ1v) is 6.44. The van der Waals surface area contributed by atoms with Crippen LogP contribution < -0.4 is 0 Å². The summed E-state index contributed by atoms with van der Waals surface area (Å²) < 4.78 is 0. The van der Waals surface area contributed by atoms with Crippen LogP contribution in [0.5, 0.6) is 0 Å². The molecule has 0 saturated heterocycles. The standard InChI is InChI=1S/C17H18O/c18-17(13-11-15-7-3-1-4-8-15)14-12-16-9-5-2-6-10-16/h1-9,11,13,16H,10,12,14H2. The largest absolute Gasteiger partial charge is 0.295 e. The van der Waals surface area contributed by atoms with Crippen LogP contribution >= 0.6 is 0 Å². The van der Waals surface area contributed by atoms with Crippen LogP contribution in [0.1, 0.15) is 24.8 Å². The van der Waals surface area contributed by atoms with Crippen molar-refractivity contribution in [1.29, 1.82) is 0 Å². The normalized spacial score (nSPS) is 18.3. The van der Waals surface area contributed by atoms with Crippen LogP contribution in [-0.4, -0.2) is 5.78 Å². The lowest BCUT2D eigenvalue weighted by atomic mass is 9.94. The molecule has 0 amide bonds. The van der Waals surface area contributed by atoms with Gasteiger partial charge in [-0.05, 0) is 30.4 Å². The van der Waals surface area contributed by atoms with Gasteiger partial charge in [0.05, 0.1) is 0 Å². The van der Waals surface area contributed by atoms with E-state index in [0.29, 0.717) is 12.3 Å². The zero-order valence-electron chi connectivity index (χ0n) is 10.5. The van der Waals surface area contributed by atoms with Crippen LogP contribution in [0.2, 0.25) is 0 Å². The number of ketones is 1. The fourth-order valence-corrected chi connectivity index (χ4v) is 2.01. The Kier molecular flexibility index (Phi) is 4.71. The van der Waals surface area contributed by atoms with Gasteiger partial charge in [0.2, 0.25) is 0 Å². The summed E-state index contributed by atoms with van der Waals surface area (Å²) >= 11 is 0. The van der Waals surface area contributed by atoms with Crippen LogP contribution in [0.15, 0.2) is 60.7 Å². The smallest absolute Gasteiger partial charge is 0.155 e. The number of hydrogen-bond donors (Lipinski definition) is 0. The van der Waals surface area contributed by atoms with Crippen LogP contribution in [-0.2, 0) is 4.79 Å². The summed E-state index contributed by atoms with van der Waals surface area (Å²) in [5.41, 5.74) is 1.08. The highest BCUT2D eigenvalue weighted by Gasteiger charge is 2.07. The quantitative estimate of drug-likeness (QED) is 0.703. The number of rotatable bonds is 5. The Balaban J connectivity index is 1.77. The summed E-state index contributed by atoms with van der Waals surface area (Å²) in [6.07, 6.45) is 14.7. The molecule has 1 aliphatic carbocycles. The van der Waals surface area contributed by atoms with Gasteiger partial charge >= 0.3 is 0 Å². The molecule has 1 aromatic carbocycles. The van der Waals surface area contributed by atoms with E-state index in [1.54, 1.807) is 6.08 Å². The highest BCUT2D eigenvalue weighted by Crippen LogP contribution is 2.17. The van der Waals surface area contributed by atoms with Crippen LogP contribution in [0, 0.1) is 5.92 Å². The van der Waals surface area contributed by atoms with Crippen LogP contribution in [0.25, 0.3) is 6.08 Å². The average molecular weight is 238 g/mol. The van der Waals surface area contributed by atoms with Crippen molar-refractivity contribution in [2.24, 2.45) is 5.92 Å². The van der Waals surface area contributed by atoms with Crippen molar-refractivity contribution >= 4 is 11.9 Å². The number of hydrogen-bond acceptors (Lipinski definition) is 1. The second kappa shape index (κ2) is 6.75. The summed E-state index contributed by atoms with van der Waals surface area (Å²) in [4.78, 5) is 11.7. The fourth-order valence-electron chi connectivity index (χ4n) is 2.01. The highest BCUT2D eigenvalue weighted by atomic mass is 16.1. The lowest BCUT2D eigenvalue weighted by Gasteiger charge is -2.10. The van der Waals surface area contributed by atoms with Gasteiger partial charge in [-0.3, -0.25) is 4.79 Å². The Morgan fingerprint density at radius 3 is 2.78 bits per heavy atom. The molecule has 0 heterocycles. The van der Waals surface area contributed by atoms with Crippen molar-refractivity contribution < 1.29 is 4.79 Å². The first kappa shape index (κ1) is 12.6. The molecule has 2 rings (SSSR count). The Hall–Kier alpha value is -1.89. The molecule has 1 aromatic rings. The van der Waals surface area contributed by atoms with Gasteiger partial charge in [-0.2, -0.15) is 0 Å². The Morgan fingerprint density at radius 2 is 2.06 bits per heavy atom. The average Bonchev–Trinajstić information content (AvgIpc) is 2.45. The minimum absolute atomic E-state index is 0.210. The molecule has 18 heavy (non-hydrogen) atoms. The molecule has 0 spiro atoms. The zero-order valence-corrected chi connectivity index (χ0v) is 10.5. The van der Waals surface area contributed by atoms with Crippen LogP contribution in [0.4, 0.5) is 0 Å². The highest BCUT2D eigenvalue weighted by molar-refractivity contribution is 5.93. The Bertz CT molecular complexity index is 466. The molecule has 1 nitrogen and oxygen atoms in total. The molecule has 0 N–H and O–H groups in total. The first-order valence-electron chi connectivity index (χ1n) is 6.44. The Morgan fingerprint density at radius 1 is 1.22 bits per heavy atom. The van der Waals surface area contributed by atoms with Crippen molar-refractivity contribution in [2.45, 2.75) is 19.3 Å². The van der Waals surface area contributed by atoms with E-state index in [4.69, 9.17) is 0 Å². The third kappa shape index (κ3) is 4.17. The molecule has 0 aliphatic heterocycles. The fraction of sp³-hybridized carbons (Fsp3) is 0.235. The predicted molar refractivity (Wildman–Crippen MR) is 76.1 cm³/mol. The SMILES string of the molecule is O=C(C=Cc1ccccc1)CCC1C=CC=CC1. The molecular formula is C17H18O. The first-order chi connectivity index (χ1) is 8.84. The summed E-state index contributed by atoms with van der Waals surface area (Å²) in [6.45, 7) is 0. The van der Waals surface area contributed by atoms with E-state index >= 15 is 0 Å². The van der Waals surface area contributed by atoms with Crippen molar-refractivity contribution in [1.82, 2.24) is 0 Å². The molecule has 0 aromatic heterocycles. The van der Waals surface area contributed by atoms with Crippen molar-refractivity contribution in [3.05, 3.63) is 66.3 Å². The van der Waals surface area contributed by atoms with Gasteiger partial charge in [0.1, 0.15) is 0 Å². The van der Waals surface area contributed by atoms with Crippen molar-refractivity contribution in [3.63, 3.8) is 0 Å². The molecule has 1 heteroatoms. The maximum absolute atomic E-state index is 11.7. The molecule has 0 saturated carbocycles. The molecule has 1 atom stereocenters. The monoisotopic (exact) mass is 238 g/mol. The summed E-state index contributed by atoms with van der Waals surface area (Å²) in [5.74, 6) is 0.742. The van der Waals surface area contributed by atoms with E-state index < -0.39 is 0 Å². The maximum atomic E-state index is 11.7. The molecule has 92 valence electrons. The molecule has 1 aliphatic rings. The number of carbonyl (C=O) groups excluding carboxylic acids is 1. The summed E-state index contributed by atoms with van der Waals surface area (Å²) in [5, 5.41) is 0. The van der Waals surface area contributed by atoms with Gasteiger partial charge in [0, 0.05) is 6.42 Å². The van der Waals surface area contributed by atoms with Crippen molar-refractivity contribution in [3.8, 4) is 0 Å². The minimum Gasteiger partial charge on any atom is -0.295 e. The van der Waals surface area contributed by atoms with Gasteiger partial charge in [-0.1, -0.05) is 60.7 Å². The third-order valence-electron chi connectivity index (χ3n) is 3.09. The number of allylic oxidation sites excluding steroid dienone is 5. The van der Waals surface area contributed by atoms with E-state index in [0.717, 1.165) is 18.4 Å². The van der Waals surface area contributed by atoms with Gasteiger partial charge < -0.3 is 0 Å². The molecule has 0 fully saturated rings. The van der Waals surface area contributed by atoms with E-state index in [1.807, 2.05) is 36.4 Å². The topological polar surface area (TPSA) is 17.1 Å². The maximum Gasteiger partial charge on any atom is 0.155 e. The summed E-state index contributed by atoms with van der Waals surface area (Å²) in [6, 6.07) is 9.92.